The number of esters is 1. The molecule has 4 heteroatoms. The predicted octanol–water partition coefficient (Wildman–Crippen LogP) is 3.09. The standard InChI is InChI=1S/C14H26NO3/c1-6-7-8-12(16)18-11-9-13(2,3)15(17)14(4,5)10-11/h11H,6-10H2,1-5H3. The lowest BCUT2D eigenvalue weighted by molar-refractivity contribution is -0.299. The van der Waals surface area contributed by atoms with Gasteiger partial charge in [-0.1, -0.05) is 13.3 Å². The predicted molar refractivity (Wildman–Crippen MR) is 69.3 cm³/mol. The Kier molecular flexibility index (Phi) is 4.78. The third-order valence-electron chi connectivity index (χ3n) is 3.59. The molecule has 1 saturated heterocycles. The molecule has 0 unspecified atom stereocenters. The van der Waals surface area contributed by atoms with Crippen molar-refractivity contribution in [3.05, 3.63) is 0 Å². The maximum Gasteiger partial charge on any atom is 0.306 e. The molecule has 1 rings (SSSR count). The molecule has 0 aromatic heterocycles. The van der Waals surface area contributed by atoms with Crippen molar-refractivity contribution >= 4 is 5.97 Å². The van der Waals surface area contributed by atoms with Gasteiger partial charge in [-0.2, -0.15) is 0 Å². The van der Waals surface area contributed by atoms with Crippen molar-refractivity contribution in [2.75, 3.05) is 0 Å². The average Bonchev–Trinajstić information content (AvgIpc) is 2.22. The molecule has 0 aliphatic carbocycles. The quantitative estimate of drug-likeness (QED) is 0.726. The fourth-order valence-electron chi connectivity index (χ4n) is 2.82. The molecule has 0 amide bonds. The lowest BCUT2D eigenvalue weighted by Crippen LogP contribution is -2.60. The molecule has 0 aromatic rings. The highest BCUT2D eigenvalue weighted by Crippen LogP contribution is 2.38. The van der Waals surface area contributed by atoms with Gasteiger partial charge < -0.3 is 4.74 Å². The lowest BCUT2D eigenvalue weighted by Gasteiger charge is -2.49. The molecule has 0 aromatic carbocycles. The normalized spacial score (nSPS) is 23.9. The van der Waals surface area contributed by atoms with E-state index in [-0.39, 0.29) is 12.1 Å². The highest BCUT2D eigenvalue weighted by molar-refractivity contribution is 5.69. The third kappa shape index (κ3) is 3.69. The number of carbonyl (C=O) groups excluding carboxylic acids is 1. The molecule has 1 aliphatic heterocycles. The molecule has 0 N–H and O–H groups in total. The van der Waals surface area contributed by atoms with Crippen LogP contribution in [0, 0.1) is 0 Å². The van der Waals surface area contributed by atoms with E-state index in [0.29, 0.717) is 19.3 Å². The van der Waals surface area contributed by atoms with E-state index in [9.17, 15) is 10.0 Å². The summed E-state index contributed by atoms with van der Waals surface area (Å²) in [5.41, 5.74) is -0.949. The first-order valence-electron chi connectivity index (χ1n) is 6.86. The van der Waals surface area contributed by atoms with E-state index < -0.39 is 11.1 Å². The summed E-state index contributed by atoms with van der Waals surface area (Å²) in [5, 5.41) is 13.3. The van der Waals surface area contributed by atoms with Crippen LogP contribution in [-0.2, 0) is 14.7 Å². The zero-order valence-corrected chi connectivity index (χ0v) is 12.3. The fourth-order valence-corrected chi connectivity index (χ4v) is 2.82. The molecule has 0 atom stereocenters. The maximum atomic E-state index is 12.1. The van der Waals surface area contributed by atoms with E-state index in [1.807, 2.05) is 27.7 Å². The zero-order chi connectivity index (χ0) is 14.0. The fraction of sp³-hybridized carbons (Fsp3) is 0.929. The van der Waals surface area contributed by atoms with Gasteiger partial charge in [0.15, 0.2) is 0 Å². The largest absolute Gasteiger partial charge is 0.462 e. The molecule has 105 valence electrons. The molecular weight excluding hydrogens is 230 g/mol. The zero-order valence-electron chi connectivity index (χ0n) is 12.3. The van der Waals surface area contributed by atoms with E-state index in [1.54, 1.807) is 0 Å². The Hall–Kier alpha value is -0.610. The van der Waals surface area contributed by atoms with E-state index >= 15 is 0 Å². The van der Waals surface area contributed by atoms with Crippen molar-refractivity contribution in [3.8, 4) is 0 Å². The van der Waals surface area contributed by atoms with Crippen molar-refractivity contribution in [1.82, 2.24) is 5.06 Å². The smallest absolute Gasteiger partial charge is 0.306 e. The first-order valence-corrected chi connectivity index (χ1v) is 6.86. The van der Waals surface area contributed by atoms with Crippen LogP contribution < -0.4 is 0 Å². The number of nitrogens with zero attached hydrogens (tertiary/aromatic N) is 1. The first kappa shape index (κ1) is 15.4. The Morgan fingerprint density at radius 3 is 2.17 bits per heavy atom. The Balaban J connectivity index is 2.61. The van der Waals surface area contributed by atoms with E-state index in [1.165, 1.54) is 0 Å². The molecule has 0 saturated carbocycles. The summed E-state index contributed by atoms with van der Waals surface area (Å²) in [5.74, 6) is -0.132. The van der Waals surface area contributed by atoms with Gasteiger partial charge in [-0.25, -0.2) is 0 Å². The van der Waals surface area contributed by atoms with Crippen LogP contribution in [0.4, 0.5) is 0 Å². The number of hydroxylamine groups is 2. The monoisotopic (exact) mass is 256 g/mol. The topological polar surface area (TPSA) is 49.4 Å². The molecule has 0 spiro atoms. The summed E-state index contributed by atoms with van der Waals surface area (Å²) in [6.07, 6.45) is 3.42. The van der Waals surface area contributed by atoms with Gasteiger partial charge in [0.1, 0.15) is 6.10 Å². The number of ether oxygens (including phenoxy) is 1. The second kappa shape index (κ2) is 5.57. The molecule has 4 nitrogen and oxygen atoms in total. The molecule has 1 aliphatic rings. The van der Waals surface area contributed by atoms with Crippen LogP contribution in [0.15, 0.2) is 0 Å². The van der Waals surface area contributed by atoms with Crippen molar-refractivity contribution < 1.29 is 14.7 Å². The van der Waals surface area contributed by atoms with Crippen molar-refractivity contribution in [3.63, 3.8) is 0 Å². The van der Waals surface area contributed by atoms with Crippen LogP contribution in [-0.4, -0.2) is 28.2 Å². The summed E-state index contributed by atoms with van der Waals surface area (Å²) in [7, 11) is 0. The number of carbonyl (C=O) groups is 1. The van der Waals surface area contributed by atoms with Crippen molar-refractivity contribution in [2.24, 2.45) is 0 Å². The Bertz CT molecular complexity index is 281. The van der Waals surface area contributed by atoms with Crippen LogP contribution in [0.25, 0.3) is 0 Å². The van der Waals surface area contributed by atoms with Gasteiger partial charge >= 0.3 is 5.97 Å². The van der Waals surface area contributed by atoms with Gasteiger partial charge in [0, 0.05) is 30.3 Å². The van der Waals surface area contributed by atoms with Gasteiger partial charge in [0.05, 0.1) is 0 Å². The average molecular weight is 256 g/mol. The molecule has 1 fully saturated rings. The van der Waals surface area contributed by atoms with Crippen LogP contribution in [0.3, 0.4) is 0 Å². The van der Waals surface area contributed by atoms with E-state index in [0.717, 1.165) is 17.9 Å². The van der Waals surface area contributed by atoms with E-state index in [4.69, 9.17) is 4.74 Å². The maximum absolute atomic E-state index is 12.1. The number of unbranched alkanes of at least 4 members (excludes halogenated alkanes) is 1. The highest BCUT2D eigenvalue weighted by Gasteiger charge is 2.47. The summed E-state index contributed by atoms with van der Waals surface area (Å²) >= 11 is 0. The molecular formula is C14H26NO3. The Labute approximate surface area is 110 Å². The van der Waals surface area contributed by atoms with Gasteiger partial charge in [-0.15, -0.1) is 10.3 Å². The minimum atomic E-state index is -0.475. The second-order valence-electron chi connectivity index (χ2n) is 6.54. The Morgan fingerprint density at radius 2 is 1.72 bits per heavy atom. The minimum Gasteiger partial charge on any atom is -0.462 e. The summed E-state index contributed by atoms with van der Waals surface area (Å²) in [6.45, 7) is 9.69. The van der Waals surface area contributed by atoms with E-state index in [2.05, 4.69) is 6.92 Å². The van der Waals surface area contributed by atoms with Crippen molar-refractivity contribution in [2.45, 2.75) is 83.9 Å². The third-order valence-corrected chi connectivity index (χ3v) is 3.59. The SMILES string of the molecule is CCCCC(=O)OC1CC(C)(C)N([O])C(C)(C)C1. The first-order chi connectivity index (χ1) is 8.19. The van der Waals surface area contributed by atoms with Crippen LogP contribution in [0.5, 0.6) is 0 Å². The van der Waals surface area contributed by atoms with Gasteiger partial charge in [0.2, 0.25) is 0 Å². The molecule has 1 radical (unpaired) electrons. The number of hydrogen-bond donors (Lipinski definition) is 0. The highest BCUT2D eigenvalue weighted by atomic mass is 16.5. The summed E-state index contributed by atoms with van der Waals surface area (Å²) in [6, 6.07) is 0. The number of hydrogen-bond acceptors (Lipinski definition) is 3. The Morgan fingerprint density at radius 1 is 1.22 bits per heavy atom. The molecule has 0 bridgehead atoms. The summed E-state index contributed by atoms with van der Waals surface area (Å²) < 4.78 is 5.51. The van der Waals surface area contributed by atoms with Crippen LogP contribution in [0.1, 0.15) is 66.7 Å². The minimum absolute atomic E-state index is 0.132. The van der Waals surface area contributed by atoms with Gasteiger partial charge in [-0.3, -0.25) is 4.79 Å². The number of rotatable bonds is 4. The molecule has 18 heavy (non-hydrogen) atoms. The molecule has 1 heterocycles. The lowest BCUT2D eigenvalue weighted by atomic mass is 9.80. The number of piperidine rings is 1. The van der Waals surface area contributed by atoms with Crippen molar-refractivity contribution in [1.29, 1.82) is 0 Å². The summed E-state index contributed by atoms with van der Waals surface area (Å²) in [4.78, 5) is 11.7. The second-order valence-corrected chi connectivity index (χ2v) is 6.54. The van der Waals surface area contributed by atoms with Gasteiger partial charge in [-0.05, 0) is 34.1 Å². The van der Waals surface area contributed by atoms with Gasteiger partial charge in [0.25, 0.3) is 0 Å². The van der Waals surface area contributed by atoms with Crippen LogP contribution in [0.2, 0.25) is 0 Å². The van der Waals surface area contributed by atoms with Crippen LogP contribution >= 0.6 is 0 Å².